The fourth-order valence-corrected chi connectivity index (χ4v) is 4.32. The summed E-state index contributed by atoms with van der Waals surface area (Å²) in [6.45, 7) is 14.5. The SMILES string of the molecule is Cc1cccc(-c2nnc([C@H](C)[NH+]3CC[NH+](Cc4ccc(C(C)C)cc4)CC3)o2)c1. The zero-order chi connectivity index (χ0) is 21.1. The first kappa shape index (κ1) is 20.8. The summed E-state index contributed by atoms with van der Waals surface area (Å²) in [5, 5.41) is 8.66. The summed E-state index contributed by atoms with van der Waals surface area (Å²) in [5.74, 6) is 1.96. The fraction of sp³-hybridized carbons (Fsp3) is 0.440. The molecule has 1 atom stereocenters. The van der Waals surface area contributed by atoms with Crippen molar-refractivity contribution < 1.29 is 14.2 Å². The number of rotatable bonds is 6. The number of benzene rings is 2. The third-order valence-corrected chi connectivity index (χ3v) is 6.39. The lowest BCUT2D eigenvalue weighted by atomic mass is 10.0. The summed E-state index contributed by atoms with van der Waals surface area (Å²) < 4.78 is 6.04. The van der Waals surface area contributed by atoms with E-state index in [2.05, 4.69) is 74.3 Å². The molecule has 4 rings (SSSR count). The van der Waals surface area contributed by atoms with Crippen molar-refractivity contribution in [1.82, 2.24) is 10.2 Å². The molecule has 3 aromatic rings. The molecule has 0 bridgehead atoms. The van der Waals surface area contributed by atoms with E-state index in [9.17, 15) is 0 Å². The lowest BCUT2D eigenvalue weighted by Crippen LogP contribution is -3.27. The smallest absolute Gasteiger partial charge is 0.274 e. The second-order valence-corrected chi connectivity index (χ2v) is 9.02. The number of piperazine rings is 1. The Morgan fingerprint density at radius 1 is 0.933 bits per heavy atom. The lowest BCUT2D eigenvalue weighted by Gasteiger charge is -2.32. The third kappa shape index (κ3) is 4.79. The molecule has 2 N–H and O–H groups in total. The number of quaternary nitrogens is 2. The molecule has 1 aromatic heterocycles. The molecule has 2 heterocycles. The van der Waals surface area contributed by atoms with Gasteiger partial charge in [0.05, 0.1) is 0 Å². The Kier molecular flexibility index (Phi) is 6.30. The third-order valence-electron chi connectivity index (χ3n) is 6.39. The van der Waals surface area contributed by atoms with Crippen LogP contribution in [0.15, 0.2) is 52.9 Å². The van der Waals surface area contributed by atoms with Gasteiger partial charge in [-0.2, -0.15) is 0 Å². The van der Waals surface area contributed by atoms with E-state index in [0.29, 0.717) is 11.8 Å². The fourth-order valence-electron chi connectivity index (χ4n) is 4.32. The van der Waals surface area contributed by atoms with E-state index in [4.69, 9.17) is 4.42 Å². The molecule has 158 valence electrons. The monoisotopic (exact) mass is 406 g/mol. The summed E-state index contributed by atoms with van der Waals surface area (Å²) in [6.07, 6.45) is 0. The molecule has 0 saturated carbocycles. The number of hydrogen-bond acceptors (Lipinski definition) is 3. The van der Waals surface area contributed by atoms with Gasteiger partial charge in [-0.15, -0.1) is 10.2 Å². The molecule has 0 unspecified atom stereocenters. The molecule has 0 radical (unpaired) electrons. The van der Waals surface area contributed by atoms with Crippen molar-refractivity contribution in [1.29, 1.82) is 0 Å². The van der Waals surface area contributed by atoms with Gasteiger partial charge < -0.3 is 14.2 Å². The van der Waals surface area contributed by atoms with Crippen molar-refractivity contribution in [2.24, 2.45) is 0 Å². The maximum Gasteiger partial charge on any atom is 0.274 e. The van der Waals surface area contributed by atoms with Crippen LogP contribution in [-0.2, 0) is 6.54 Å². The van der Waals surface area contributed by atoms with Gasteiger partial charge in [-0.1, -0.05) is 55.8 Å². The zero-order valence-electron chi connectivity index (χ0n) is 18.6. The van der Waals surface area contributed by atoms with E-state index in [1.165, 1.54) is 34.7 Å². The van der Waals surface area contributed by atoms with Gasteiger partial charge in [-0.3, -0.25) is 0 Å². The van der Waals surface area contributed by atoms with Crippen LogP contribution in [0.2, 0.25) is 0 Å². The first-order valence-corrected chi connectivity index (χ1v) is 11.2. The number of nitrogens with one attached hydrogen (secondary N) is 2. The Bertz CT molecular complexity index is 955. The molecule has 0 amide bonds. The van der Waals surface area contributed by atoms with Gasteiger partial charge in [0, 0.05) is 11.1 Å². The van der Waals surface area contributed by atoms with Gasteiger partial charge in [0.15, 0.2) is 6.04 Å². The van der Waals surface area contributed by atoms with Crippen molar-refractivity contribution in [3.63, 3.8) is 0 Å². The van der Waals surface area contributed by atoms with Crippen LogP contribution in [0.4, 0.5) is 0 Å². The molecule has 30 heavy (non-hydrogen) atoms. The largest absolute Gasteiger partial charge is 0.415 e. The van der Waals surface area contributed by atoms with Gasteiger partial charge >= 0.3 is 0 Å². The molecule has 0 aliphatic carbocycles. The second-order valence-electron chi connectivity index (χ2n) is 9.02. The van der Waals surface area contributed by atoms with E-state index in [1.807, 2.05) is 12.1 Å². The average Bonchev–Trinajstić information content (AvgIpc) is 3.24. The molecular formula is C25H34N4O+2. The minimum Gasteiger partial charge on any atom is -0.415 e. The number of aromatic nitrogens is 2. The molecule has 2 aromatic carbocycles. The van der Waals surface area contributed by atoms with Crippen molar-refractivity contribution >= 4 is 0 Å². The highest BCUT2D eigenvalue weighted by Crippen LogP contribution is 2.20. The molecule has 1 aliphatic rings. The topological polar surface area (TPSA) is 47.8 Å². The molecule has 0 spiro atoms. The molecular weight excluding hydrogens is 372 g/mol. The number of hydrogen-bond donors (Lipinski definition) is 2. The highest BCUT2D eigenvalue weighted by Gasteiger charge is 2.31. The van der Waals surface area contributed by atoms with Crippen LogP contribution < -0.4 is 9.80 Å². The van der Waals surface area contributed by atoms with Gasteiger partial charge in [-0.05, 0) is 37.5 Å². The molecule has 1 fully saturated rings. The summed E-state index contributed by atoms with van der Waals surface area (Å²) in [6, 6.07) is 17.6. The van der Waals surface area contributed by atoms with Crippen molar-refractivity contribution in [2.45, 2.75) is 46.2 Å². The van der Waals surface area contributed by atoms with Crippen LogP contribution in [0.5, 0.6) is 0 Å². The first-order valence-electron chi connectivity index (χ1n) is 11.2. The normalized spacial score (nSPS) is 20.4. The standard InChI is InChI=1S/C25H32N4O/c1-18(2)22-10-8-21(9-11-22)17-28-12-14-29(15-13-28)20(4)24-26-27-25(30-24)23-7-5-6-19(3)16-23/h5-11,16,18,20H,12-15,17H2,1-4H3/p+2/t20-/m0/s1. The maximum atomic E-state index is 6.04. The molecule has 1 aliphatic heterocycles. The minimum atomic E-state index is 0.225. The van der Waals surface area contributed by atoms with E-state index >= 15 is 0 Å². The quantitative estimate of drug-likeness (QED) is 0.660. The highest BCUT2D eigenvalue weighted by atomic mass is 16.4. The summed E-state index contributed by atoms with van der Waals surface area (Å²) in [5.41, 5.74) is 5.05. The summed E-state index contributed by atoms with van der Waals surface area (Å²) >= 11 is 0. The average molecular weight is 407 g/mol. The predicted octanol–water partition coefficient (Wildman–Crippen LogP) is 2.21. The van der Waals surface area contributed by atoms with Crippen molar-refractivity contribution in [2.75, 3.05) is 26.2 Å². The highest BCUT2D eigenvalue weighted by molar-refractivity contribution is 5.53. The number of aryl methyl sites for hydroxylation is 1. The number of nitrogens with zero attached hydrogens (tertiary/aromatic N) is 2. The van der Waals surface area contributed by atoms with Crippen LogP contribution in [0.25, 0.3) is 11.5 Å². The van der Waals surface area contributed by atoms with Crippen LogP contribution in [0, 0.1) is 6.92 Å². The van der Waals surface area contributed by atoms with Crippen molar-refractivity contribution in [3.05, 3.63) is 71.1 Å². The Balaban J connectivity index is 1.32. The van der Waals surface area contributed by atoms with Gasteiger partial charge in [0.25, 0.3) is 5.89 Å². The van der Waals surface area contributed by atoms with Crippen LogP contribution in [0.1, 0.15) is 55.3 Å². The van der Waals surface area contributed by atoms with E-state index < -0.39 is 0 Å². The Labute approximate surface area is 179 Å². The molecule has 5 nitrogen and oxygen atoms in total. The molecule has 5 heteroatoms. The Morgan fingerprint density at radius 3 is 2.33 bits per heavy atom. The van der Waals surface area contributed by atoms with Crippen molar-refractivity contribution in [3.8, 4) is 11.5 Å². The lowest BCUT2D eigenvalue weighted by molar-refractivity contribution is -1.03. The van der Waals surface area contributed by atoms with Gasteiger partial charge in [0.1, 0.15) is 32.7 Å². The predicted molar refractivity (Wildman–Crippen MR) is 119 cm³/mol. The van der Waals surface area contributed by atoms with E-state index in [1.54, 1.807) is 4.90 Å². The van der Waals surface area contributed by atoms with E-state index in [-0.39, 0.29) is 6.04 Å². The maximum absolute atomic E-state index is 6.04. The zero-order valence-corrected chi connectivity index (χ0v) is 18.6. The Morgan fingerprint density at radius 2 is 1.67 bits per heavy atom. The minimum absolute atomic E-state index is 0.225. The second kappa shape index (κ2) is 9.11. The first-order chi connectivity index (χ1) is 14.5. The van der Waals surface area contributed by atoms with Gasteiger partial charge in [0.2, 0.25) is 5.89 Å². The van der Waals surface area contributed by atoms with E-state index in [0.717, 1.165) is 31.1 Å². The summed E-state index contributed by atoms with van der Waals surface area (Å²) in [4.78, 5) is 3.20. The van der Waals surface area contributed by atoms with Crippen LogP contribution >= 0.6 is 0 Å². The molecule has 1 saturated heterocycles. The summed E-state index contributed by atoms with van der Waals surface area (Å²) in [7, 11) is 0. The van der Waals surface area contributed by atoms with Crippen LogP contribution in [0.3, 0.4) is 0 Å². The van der Waals surface area contributed by atoms with Crippen LogP contribution in [-0.4, -0.2) is 36.4 Å². The Hall–Kier alpha value is -2.50. The van der Waals surface area contributed by atoms with Gasteiger partial charge in [-0.25, -0.2) is 0 Å².